The molecule has 4 nitrogen and oxygen atoms in total. The van der Waals surface area contributed by atoms with Crippen LogP contribution in [0.15, 0.2) is 6.33 Å². The number of likely N-dealkylation sites (tertiary alicyclic amines) is 1. The predicted molar refractivity (Wildman–Crippen MR) is 74.7 cm³/mol. The molecule has 0 radical (unpaired) electrons. The fraction of sp³-hybridized carbons (Fsp3) is 0.714. The second kappa shape index (κ2) is 6.28. The molecule has 106 valence electrons. The van der Waals surface area contributed by atoms with Gasteiger partial charge in [0.05, 0.1) is 5.69 Å². The molecule has 0 saturated carbocycles. The molecular formula is C14H23FN4. The van der Waals surface area contributed by atoms with E-state index in [1.165, 1.54) is 12.7 Å². The van der Waals surface area contributed by atoms with Crippen LogP contribution in [0.3, 0.4) is 0 Å². The van der Waals surface area contributed by atoms with Crippen molar-refractivity contribution in [2.45, 2.75) is 39.7 Å². The topological polar surface area (TPSA) is 41.1 Å². The van der Waals surface area contributed by atoms with Gasteiger partial charge in [-0.15, -0.1) is 0 Å². The monoisotopic (exact) mass is 266 g/mol. The number of halogens is 1. The largest absolute Gasteiger partial charge is 0.367 e. The van der Waals surface area contributed by atoms with Gasteiger partial charge in [-0.1, -0.05) is 6.92 Å². The zero-order valence-electron chi connectivity index (χ0n) is 12.0. The molecule has 0 spiro atoms. The Balaban J connectivity index is 1.90. The molecule has 0 aromatic carbocycles. The second-order valence-corrected chi connectivity index (χ2v) is 5.46. The van der Waals surface area contributed by atoms with E-state index in [4.69, 9.17) is 0 Å². The molecule has 1 unspecified atom stereocenters. The molecule has 0 amide bonds. The lowest BCUT2D eigenvalue weighted by Crippen LogP contribution is -2.29. The minimum Gasteiger partial charge on any atom is -0.367 e. The Morgan fingerprint density at radius 2 is 2.26 bits per heavy atom. The number of hydrogen-bond donors (Lipinski definition) is 1. The number of aromatic nitrogens is 2. The summed E-state index contributed by atoms with van der Waals surface area (Å²) < 4.78 is 14.0. The van der Waals surface area contributed by atoms with Gasteiger partial charge in [0.15, 0.2) is 11.6 Å². The van der Waals surface area contributed by atoms with Gasteiger partial charge in [-0.2, -0.15) is 0 Å². The van der Waals surface area contributed by atoms with Crippen LogP contribution in [0.4, 0.5) is 10.2 Å². The molecule has 1 aliphatic rings. The van der Waals surface area contributed by atoms with E-state index >= 15 is 0 Å². The van der Waals surface area contributed by atoms with Crippen molar-refractivity contribution in [2.75, 3.05) is 25.0 Å². The molecule has 1 N–H and O–H groups in total. The molecule has 1 aromatic rings. The van der Waals surface area contributed by atoms with Crippen LogP contribution in [0.25, 0.3) is 0 Å². The van der Waals surface area contributed by atoms with Crippen LogP contribution < -0.4 is 5.32 Å². The maximum absolute atomic E-state index is 14.0. The smallest absolute Gasteiger partial charge is 0.186 e. The molecule has 1 fully saturated rings. The van der Waals surface area contributed by atoms with Crippen LogP contribution >= 0.6 is 0 Å². The Bertz CT molecular complexity index is 422. The van der Waals surface area contributed by atoms with Crippen molar-refractivity contribution < 1.29 is 4.39 Å². The minimum absolute atomic E-state index is 0.302. The minimum atomic E-state index is -0.302. The van der Waals surface area contributed by atoms with E-state index in [9.17, 15) is 4.39 Å². The third-order valence-corrected chi connectivity index (χ3v) is 3.80. The lowest BCUT2D eigenvalue weighted by Gasteiger charge is -2.20. The van der Waals surface area contributed by atoms with Crippen LogP contribution in [0.5, 0.6) is 0 Å². The third kappa shape index (κ3) is 3.41. The fourth-order valence-electron chi connectivity index (χ4n) is 2.52. The fourth-order valence-corrected chi connectivity index (χ4v) is 2.52. The number of nitrogens with one attached hydrogen (secondary N) is 1. The first-order valence-corrected chi connectivity index (χ1v) is 7.09. The number of aryl methyl sites for hydroxylation is 1. The summed E-state index contributed by atoms with van der Waals surface area (Å²) in [5, 5.41) is 3.14. The summed E-state index contributed by atoms with van der Waals surface area (Å²) in [5.74, 6) is 0.611. The molecule has 1 saturated heterocycles. The van der Waals surface area contributed by atoms with Crippen LogP contribution in [0.2, 0.25) is 0 Å². The Morgan fingerprint density at radius 1 is 1.47 bits per heavy atom. The summed E-state index contributed by atoms with van der Waals surface area (Å²) in [4.78, 5) is 10.4. The number of rotatable bonds is 5. The molecule has 1 aliphatic heterocycles. The van der Waals surface area contributed by atoms with E-state index in [-0.39, 0.29) is 5.82 Å². The van der Waals surface area contributed by atoms with E-state index in [2.05, 4.69) is 34.0 Å². The van der Waals surface area contributed by atoms with Crippen molar-refractivity contribution >= 4 is 5.82 Å². The highest BCUT2D eigenvalue weighted by Gasteiger charge is 2.24. The van der Waals surface area contributed by atoms with Crippen molar-refractivity contribution in [1.29, 1.82) is 0 Å². The molecule has 5 heteroatoms. The normalized spacial score (nSPS) is 20.2. The number of nitrogens with zero attached hydrogens (tertiary/aromatic N) is 3. The molecular weight excluding hydrogens is 243 g/mol. The molecule has 2 rings (SSSR count). The van der Waals surface area contributed by atoms with Crippen molar-refractivity contribution in [1.82, 2.24) is 14.9 Å². The zero-order chi connectivity index (χ0) is 13.8. The van der Waals surface area contributed by atoms with Gasteiger partial charge < -0.3 is 10.2 Å². The van der Waals surface area contributed by atoms with Crippen molar-refractivity contribution in [3.8, 4) is 0 Å². The van der Waals surface area contributed by atoms with Gasteiger partial charge in [0.1, 0.15) is 6.33 Å². The zero-order valence-corrected chi connectivity index (χ0v) is 12.0. The van der Waals surface area contributed by atoms with Gasteiger partial charge in [0.2, 0.25) is 0 Å². The average molecular weight is 266 g/mol. The first-order valence-electron chi connectivity index (χ1n) is 7.09. The van der Waals surface area contributed by atoms with Gasteiger partial charge in [0, 0.05) is 19.1 Å². The predicted octanol–water partition coefficient (Wildman–Crippen LogP) is 2.32. The van der Waals surface area contributed by atoms with Gasteiger partial charge in [-0.05, 0) is 39.2 Å². The Kier molecular flexibility index (Phi) is 4.69. The highest BCUT2D eigenvalue weighted by molar-refractivity contribution is 5.37. The van der Waals surface area contributed by atoms with Crippen molar-refractivity contribution in [3.63, 3.8) is 0 Å². The Labute approximate surface area is 114 Å². The van der Waals surface area contributed by atoms with Crippen LogP contribution in [-0.2, 0) is 6.42 Å². The van der Waals surface area contributed by atoms with Crippen molar-refractivity contribution in [2.24, 2.45) is 5.92 Å². The SMILES string of the molecule is CCc1ncnc(NCC2CCN(C(C)C)C2)c1F. The van der Waals surface area contributed by atoms with Crippen molar-refractivity contribution in [3.05, 3.63) is 17.8 Å². The van der Waals surface area contributed by atoms with E-state index in [1.807, 2.05) is 6.92 Å². The maximum Gasteiger partial charge on any atom is 0.186 e. The Hall–Kier alpha value is -1.23. The lowest BCUT2D eigenvalue weighted by molar-refractivity contribution is 0.266. The molecule has 1 atom stereocenters. The summed E-state index contributed by atoms with van der Waals surface area (Å²) in [6.45, 7) is 9.32. The van der Waals surface area contributed by atoms with E-state index < -0.39 is 0 Å². The van der Waals surface area contributed by atoms with Crippen LogP contribution in [0.1, 0.15) is 32.9 Å². The van der Waals surface area contributed by atoms with E-state index in [1.54, 1.807) is 0 Å². The molecule has 1 aromatic heterocycles. The third-order valence-electron chi connectivity index (χ3n) is 3.80. The first kappa shape index (κ1) is 14.2. The highest BCUT2D eigenvalue weighted by Crippen LogP contribution is 2.20. The van der Waals surface area contributed by atoms with Gasteiger partial charge >= 0.3 is 0 Å². The Morgan fingerprint density at radius 3 is 2.89 bits per heavy atom. The highest BCUT2D eigenvalue weighted by atomic mass is 19.1. The summed E-state index contributed by atoms with van der Waals surface area (Å²) >= 11 is 0. The molecule has 19 heavy (non-hydrogen) atoms. The van der Waals surface area contributed by atoms with Crippen LogP contribution in [0, 0.1) is 11.7 Å². The second-order valence-electron chi connectivity index (χ2n) is 5.46. The van der Waals surface area contributed by atoms with E-state index in [0.717, 1.165) is 19.6 Å². The standard InChI is InChI=1S/C14H23FN4/c1-4-12-13(15)14(18-9-17-12)16-7-11-5-6-19(8-11)10(2)3/h9-11H,4-8H2,1-3H3,(H,16,17,18). The summed E-state index contributed by atoms with van der Waals surface area (Å²) in [6.07, 6.45) is 3.19. The van der Waals surface area contributed by atoms with Gasteiger partial charge in [-0.3, -0.25) is 0 Å². The number of anilines is 1. The number of hydrogen-bond acceptors (Lipinski definition) is 4. The van der Waals surface area contributed by atoms with Gasteiger partial charge in [-0.25, -0.2) is 14.4 Å². The maximum atomic E-state index is 14.0. The van der Waals surface area contributed by atoms with E-state index in [0.29, 0.717) is 29.9 Å². The van der Waals surface area contributed by atoms with Gasteiger partial charge in [0.25, 0.3) is 0 Å². The summed E-state index contributed by atoms with van der Waals surface area (Å²) in [5.41, 5.74) is 0.479. The lowest BCUT2D eigenvalue weighted by atomic mass is 10.1. The molecule has 0 aliphatic carbocycles. The average Bonchev–Trinajstić information content (AvgIpc) is 2.86. The molecule has 0 bridgehead atoms. The quantitative estimate of drug-likeness (QED) is 0.888. The summed E-state index contributed by atoms with van der Waals surface area (Å²) in [7, 11) is 0. The molecule has 2 heterocycles. The van der Waals surface area contributed by atoms with Crippen LogP contribution in [-0.4, -0.2) is 40.5 Å². The summed E-state index contributed by atoms with van der Waals surface area (Å²) in [6, 6.07) is 0.590. The first-order chi connectivity index (χ1) is 9.11.